The van der Waals surface area contributed by atoms with Gasteiger partial charge in [0, 0.05) is 13.1 Å². The number of hydrogen-bond donors (Lipinski definition) is 1. The molecule has 0 amide bonds. The quantitative estimate of drug-likeness (QED) is 0.844. The third-order valence-electron chi connectivity index (χ3n) is 2.44. The van der Waals surface area contributed by atoms with E-state index in [1.807, 2.05) is 10.9 Å². The van der Waals surface area contributed by atoms with Crippen LogP contribution in [0.15, 0.2) is 6.20 Å². The molecule has 0 atom stereocenters. The Morgan fingerprint density at radius 3 is 2.60 bits per heavy atom. The lowest BCUT2D eigenvalue weighted by Gasteiger charge is -2.07. The zero-order valence-corrected chi connectivity index (χ0v) is 10.9. The van der Waals surface area contributed by atoms with Crippen LogP contribution >= 0.6 is 12.4 Å². The summed E-state index contributed by atoms with van der Waals surface area (Å²) in [6, 6.07) is 0. The maximum absolute atomic E-state index is 4.29. The van der Waals surface area contributed by atoms with Crippen molar-refractivity contribution >= 4 is 18.1 Å². The molecule has 0 unspecified atom stereocenters. The maximum atomic E-state index is 4.29. The number of rotatable bonds is 5. The fraction of sp³-hybridized carbons (Fsp3) is 0.727. The van der Waals surface area contributed by atoms with Crippen molar-refractivity contribution in [3.05, 3.63) is 11.9 Å². The van der Waals surface area contributed by atoms with E-state index in [9.17, 15) is 0 Å². The zero-order chi connectivity index (χ0) is 10.6. The molecular formula is C11H22ClN3. The summed E-state index contributed by atoms with van der Waals surface area (Å²) in [4.78, 5) is 0. The van der Waals surface area contributed by atoms with Crippen molar-refractivity contribution < 1.29 is 0 Å². The lowest BCUT2D eigenvalue weighted by atomic mass is 10.1. The van der Waals surface area contributed by atoms with Gasteiger partial charge in [0.25, 0.3) is 0 Å². The Kier molecular flexibility index (Phi) is 6.41. The van der Waals surface area contributed by atoms with Gasteiger partial charge in [-0.3, -0.25) is 4.68 Å². The average Bonchev–Trinajstić information content (AvgIpc) is 2.47. The van der Waals surface area contributed by atoms with E-state index in [1.165, 1.54) is 17.8 Å². The molecule has 0 saturated heterocycles. The van der Waals surface area contributed by atoms with Gasteiger partial charge >= 0.3 is 0 Å². The van der Waals surface area contributed by atoms with Gasteiger partial charge in [0.1, 0.15) is 0 Å². The Labute approximate surface area is 98.7 Å². The van der Waals surface area contributed by atoms with E-state index in [1.54, 1.807) is 0 Å². The molecule has 1 heterocycles. The first-order valence-corrected chi connectivity index (χ1v) is 5.41. The summed E-state index contributed by atoms with van der Waals surface area (Å²) in [7, 11) is 0. The van der Waals surface area contributed by atoms with Gasteiger partial charge in [-0.05, 0) is 26.2 Å². The smallest absolute Gasteiger partial charge is 0.0756 e. The van der Waals surface area contributed by atoms with E-state index in [0.717, 1.165) is 19.0 Å². The summed E-state index contributed by atoms with van der Waals surface area (Å²) in [5, 5.41) is 7.70. The van der Waals surface area contributed by atoms with Crippen molar-refractivity contribution in [1.82, 2.24) is 9.78 Å². The van der Waals surface area contributed by atoms with Gasteiger partial charge in [-0.2, -0.15) is 5.10 Å². The molecule has 0 aliphatic heterocycles. The SMILES string of the molecule is CCn1ncc(NCCC(C)C)c1C.Cl. The van der Waals surface area contributed by atoms with Gasteiger partial charge in [-0.15, -0.1) is 12.4 Å². The molecule has 15 heavy (non-hydrogen) atoms. The Balaban J connectivity index is 0.00000196. The third kappa shape index (κ3) is 4.12. The first-order valence-electron chi connectivity index (χ1n) is 5.41. The Hall–Kier alpha value is -0.700. The summed E-state index contributed by atoms with van der Waals surface area (Å²) >= 11 is 0. The largest absolute Gasteiger partial charge is 0.382 e. The molecular weight excluding hydrogens is 210 g/mol. The summed E-state index contributed by atoms with van der Waals surface area (Å²) < 4.78 is 2.01. The molecule has 0 spiro atoms. The molecule has 0 saturated carbocycles. The number of halogens is 1. The van der Waals surface area contributed by atoms with E-state index >= 15 is 0 Å². The molecule has 1 aromatic heterocycles. The molecule has 1 aromatic rings. The van der Waals surface area contributed by atoms with Crippen LogP contribution in [0.2, 0.25) is 0 Å². The third-order valence-corrected chi connectivity index (χ3v) is 2.44. The fourth-order valence-electron chi connectivity index (χ4n) is 1.43. The minimum absolute atomic E-state index is 0. The Morgan fingerprint density at radius 2 is 2.13 bits per heavy atom. The highest BCUT2D eigenvalue weighted by Crippen LogP contribution is 2.13. The van der Waals surface area contributed by atoms with Crippen LogP contribution in [-0.2, 0) is 6.54 Å². The molecule has 0 fully saturated rings. The lowest BCUT2D eigenvalue weighted by Crippen LogP contribution is -2.06. The van der Waals surface area contributed by atoms with E-state index in [-0.39, 0.29) is 12.4 Å². The van der Waals surface area contributed by atoms with E-state index in [0.29, 0.717) is 0 Å². The standard InChI is InChI=1S/C11H21N3.ClH/c1-5-14-10(4)11(8-13-14)12-7-6-9(2)3;/h8-9,12H,5-7H2,1-4H3;1H. The van der Waals surface area contributed by atoms with E-state index in [4.69, 9.17) is 0 Å². The number of anilines is 1. The second-order valence-electron chi connectivity index (χ2n) is 4.07. The van der Waals surface area contributed by atoms with Crippen molar-refractivity contribution in [2.24, 2.45) is 5.92 Å². The Morgan fingerprint density at radius 1 is 1.47 bits per heavy atom. The number of aryl methyl sites for hydroxylation is 1. The minimum Gasteiger partial charge on any atom is -0.382 e. The molecule has 3 nitrogen and oxygen atoms in total. The van der Waals surface area contributed by atoms with Crippen LogP contribution in [0.3, 0.4) is 0 Å². The van der Waals surface area contributed by atoms with Crippen LogP contribution in [0.5, 0.6) is 0 Å². The number of aromatic nitrogens is 2. The van der Waals surface area contributed by atoms with Crippen LogP contribution in [0.25, 0.3) is 0 Å². The molecule has 0 bridgehead atoms. The zero-order valence-electron chi connectivity index (χ0n) is 10.1. The van der Waals surface area contributed by atoms with Gasteiger partial charge in [0.15, 0.2) is 0 Å². The second kappa shape index (κ2) is 6.72. The molecule has 0 aliphatic rings. The normalized spacial score (nSPS) is 10.2. The van der Waals surface area contributed by atoms with Crippen LogP contribution in [0, 0.1) is 12.8 Å². The monoisotopic (exact) mass is 231 g/mol. The molecule has 1 rings (SSSR count). The van der Waals surface area contributed by atoms with Crippen molar-refractivity contribution in [2.45, 2.75) is 40.7 Å². The van der Waals surface area contributed by atoms with Crippen LogP contribution in [0.4, 0.5) is 5.69 Å². The van der Waals surface area contributed by atoms with Crippen molar-refractivity contribution in [2.75, 3.05) is 11.9 Å². The highest BCUT2D eigenvalue weighted by atomic mass is 35.5. The first kappa shape index (κ1) is 14.3. The lowest BCUT2D eigenvalue weighted by molar-refractivity contribution is 0.606. The molecule has 1 N–H and O–H groups in total. The van der Waals surface area contributed by atoms with E-state index < -0.39 is 0 Å². The van der Waals surface area contributed by atoms with Crippen LogP contribution in [0.1, 0.15) is 32.9 Å². The Bertz CT molecular complexity index is 281. The van der Waals surface area contributed by atoms with E-state index in [2.05, 4.69) is 38.1 Å². The number of nitrogens with zero attached hydrogens (tertiary/aromatic N) is 2. The molecule has 0 aliphatic carbocycles. The minimum atomic E-state index is 0. The second-order valence-corrected chi connectivity index (χ2v) is 4.07. The fourth-order valence-corrected chi connectivity index (χ4v) is 1.43. The van der Waals surface area contributed by atoms with Gasteiger partial charge in [-0.1, -0.05) is 13.8 Å². The van der Waals surface area contributed by atoms with Crippen molar-refractivity contribution in [3.8, 4) is 0 Å². The van der Waals surface area contributed by atoms with Gasteiger partial charge < -0.3 is 5.32 Å². The summed E-state index contributed by atoms with van der Waals surface area (Å²) in [5.41, 5.74) is 2.41. The molecule has 4 heteroatoms. The van der Waals surface area contributed by atoms with Crippen molar-refractivity contribution in [1.29, 1.82) is 0 Å². The predicted molar refractivity (Wildman–Crippen MR) is 67.8 cm³/mol. The summed E-state index contributed by atoms with van der Waals surface area (Å²) in [6.07, 6.45) is 3.12. The topological polar surface area (TPSA) is 29.9 Å². The van der Waals surface area contributed by atoms with Crippen LogP contribution < -0.4 is 5.32 Å². The average molecular weight is 232 g/mol. The molecule has 0 aromatic carbocycles. The molecule has 0 radical (unpaired) electrons. The maximum Gasteiger partial charge on any atom is 0.0756 e. The highest BCUT2D eigenvalue weighted by Gasteiger charge is 2.03. The summed E-state index contributed by atoms with van der Waals surface area (Å²) in [6.45, 7) is 10.7. The number of nitrogens with one attached hydrogen (secondary N) is 1. The van der Waals surface area contributed by atoms with Gasteiger partial charge in [0.2, 0.25) is 0 Å². The summed E-state index contributed by atoms with van der Waals surface area (Å²) in [5.74, 6) is 0.754. The van der Waals surface area contributed by atoms with Crippen molar-refractivity contribution in [3.63, 3.8) is 0 Å². The van der Waals surface area contributed by atoms with Crippen LogP contribution in [-0.4, -0.2) is 16.3 Å². The van der Waals surface area contributed by atoms with Gasteiger partial charge in [-0.25, -0.2) is 0 Å². The first-order chi connectivity index (χ1) is 6.65. The molecule has 88 valence electrons. The highest BCUT2D eigenvalue weighted by molar-refractivity contribution is 5.85. The predicted octanol–water partition coefficient (Wildman–Crippen LogP) is 3.09. The van der Waals surface area contributed by atoms with Gasteiger partial charge in [0.05, 0.1) is 17.6 Å². The number of hydrogen-bond acceptors (Lipinski definition) is 2.